The average molecular weight is 449 g/mol. The first-order valence-corrected chi connectivity index (χ1v) is 9.44. The number of amides is 4. The lowest BCUT2D eigenvalue weighted by atomic mass is 10.1. The first-order chi connectivity index (χ1) is 14.0. The third-order valence-corrected chi connectivity index (χ3v) is 4.03. The average Bonchev–Trinajstić information content (AvgIpc) is 2.66. The van der Waals surface area contributed by atoms with E-state index in [4.69, 9.17) is 27.7 Å². The molecule has 0 radical (unpaired) electrons. The van der Waals surface area contributed by atoms with Crippen molar-refractivity contribution in [3.63, 3.8) is 0 Å². The minimum absolute atomic E-state index is 0.0482. The number of hydrogen-bond acceptors (Lipinski definition) is 8. The number of carboxylic acids is 1. The van der Waals surface area contributed by atoms with E-state index in [2.05, 4.69) is 33.9 Å². The molecular formula is C15H28N8O6S. The Hall–Kier alpha value is -3.07. The van der Waals surface area contributed by atoms with Crippen molar-refractivity contribution in [2.75, 3.05) is 18.8 Å². The molecule has 0 saturated carbocycles. The SMILES string of the molecule is N=C(N)NCCC[C@H](NC(=O)[C@@H](N)CS)C(=O)NCC(=O)N[C@@H](CC(=O)O)C(N)=O. The zero-order valence-corrected chi connectivity index (χ0v) is 17.0. The lowest BCUT2D eigenvalue weighted by molar-refractivity contribution is -0.140. The Morgan fingerprint density at radius 1 is 1.00 bits per heavy atom. The number of carbonyl (C=O) groups excluding carboxylic acids is 4. The molecule has 0 aromatic carbocycles. The number of aliphatic carboxylic acids is 1. The van der Waals surface area contributed by atoms with Gasteiger partial charge in [-0.2, -0.15) is 12.6 Å². The summed E-state index contributed by atoms with van der Waals surface area (Å²) in [6, 6.07) is -3.43. The fourth-order valence-corrected chi connectivity index (χ4v) is 2.26. The molecule has 170 valence electrons. The predicted molar refractivity (Wildman–Crippen MR) is 109 cm³/mol. The number of carbonyl (C=O) groups is 5. The van der Waals surface area contributed by atoms with Crippen molar-refractivity contribution in [2.45, 2.75) is 37.4 Å². The summed E-state index contributed by atoms with van der Waals surface area (Å²) in [5.74, 6) is -4.76. The predicted octanol–water partition coefficient (Wildman–Crippen LogP) is -4.45. The highest BCUT2D eigenvalue weighted by molar-refractivity contribution is 7.80. The van der Waals surface area contributed by atoms with E-state index in [9.17, 15) is 24.0 Å². The van der Waals surface area contributed by atoms with Crippen LogP contribution in [0.5, 0.6) is 0 Å². The van der Waals surface area contributed by atoms with Crippen LogP contribution < -0.4 is 38.5 Å². The molecular weight excluding hydrogens is 420 g/mol. The van der Waals surface area contributed by atoms with Gasteiger partial charge >= 0.3 is 5.97 Å². The molecule has 15 heteroatoms. The Bertz CT molecular complexity index is 661. The molecule has 0 heterocycles. The largest absolute Gasteiger partial charge is 0.481 e. The van der Waals surface area contributed by atoms with Crippen LogP contribution in [0.15, 0.2) is 0 Å². The van der Waals surface area contributed by atoms with Crippen LogP contribution in [-0.4, -0.2) is 77.6 Å². The van der Waals surface area contributed by atoms with Gasteiger partial charge in [0.1, 0.15) is 12.1 Å². The molecule has 3 atom stereocenters. The van der Waals surface area contributed by atoms with Crippen LogP contribution in [0.3, 0.4) is 0 Å². The molecule has 12 N–H and O–H groups in total. The van der Waals surface area contributed by atoms with Crippen molar-refractivity contribution >= 4 is 48.2 Å². The lowest BCUT2D eigenvalue weighted by Gasteiger charge is -2.20. The van der Waals surface area contributed by atoms with Crippen molar-refractivity contribution < 1.29 is 29.1 Å². The molecule has 0 spiro atoms. The van der Waals surface area contributed by atoms with Gasteiger partial charge in [0.25, 0.3) is 0 Å². The molecule has 0 aliphatic heterocycles. The van der Waals surface area contributed by atoms with E-state index in [0.717, 1.165) is 0 Å². The van der Waals surface area contributed by atoms with Crippen LogP contribution in [-0.2, 0) is 24.0 Å². The molecule has 0 fully saturated rings. The van der Waals surface area contributed by atoms with Gasteiger partial charge in [0, 0.05) is 12.3 Å². The number of guanidine groups is 1. The van der Waals surface area contributed by atoms with Gasteiger partial charge in [-0.3, -0.25) is 29.4 Å². The third-order valence-electron chi connectivity index (χ3n) is 3.63. The van der Waals surface area contributed by atoms with Gasteiger partial charge in [0.15, 0.2) is 5.96 Å². The van der Waals surface area contributed by atoms with Gasteiger partial charge in [-0.05, 0) is 12.8 Å². The molecule has 0 aromatic heterocycles. The number of primary amides is 1. The van der Waals surface area contributed by atoms with Crippen LogP contribution in [0.25, 0.3) is 0 Å². The van der Waals surface area contributed by atoms with E-state index in [-0.39, 0.29) is 24.7 Å². The van der Waals surface area contributed by atoms with Crippen LogP contribution >= 0.6 is 12.6 Å². The van der Waals surface area contributed by atoms with Crippen molar-refractivity contribution in [1.82, 2.24) is 21.3 Å². The number of nitrogens with two attached hydrogens (primary N) is 3. The monoisotopic (exact) mass is 448 g/mol. The Kier molecular flexibility index (Phi) is 12.6. The molecule has 0 aromatic rings. The minimum atomic E-state index is -1.44. The molecule has 0 rings (SSSR count). The second-order valence-corrected chi connectivity index (χ2v) is 6.54. The number of rotatable bonds is 14. The van der Waals surface area contributed by atoms with E-state index >= 15 is 0 Å². The minimum Gasteiger partial charge on any atom is -0.481 e. The zero-order valence-electron chi connectivity index (χ0n) is 16.1. The molecule has 30 heavy (non-hydrogen) atoms. The zero-order chi connectivity index (χ0) is 23.3. The van der Waals surface area contributed by atoms with Gasteiger partial charge in [-0.25, -0.2) is 0 Å². The standard InChI is InChI=1S/C15H28N8O6S/c16-7(6-30)13(28)23-8(2-1-3-20-15(18)19)14(29)21-5-10(24)22-9(12(17)27)4-11(25)26/h7-9,30H,1-6,16H2,(H2,17,27)(H,21,29)(H,22,24)(H,23,28)(H,25,26)(H4,18,19,20)/t7-,8-,9-/m0/s1. The maximum atomic E-state index is 12.4. The van der Waals surface area contributed by atoms with Crippen molar-refractivity contribution in [2.24, 2.45) is 17.2 Å². The summed E-state index contributed by atoms with van der Waals surface area (Å²) < 4.78 is 0. The fraction of sp³-hybridized carbons (Fsp3) is 0.600. The van der Waals surface area contributed by atoms with Gasteiger partial charge in [-0.1, -0.05) is 0 Å². The van der Waals surface area contributed by atoms with Gasteiger partial charge in [0.05, 0.1) is 19.0 Å². The van der Waals surface area contributed by atoms with Gasteiger partial charge in [0.2, 0.25) is 23.6 Å². The van der Waals surface area contributed by atoms with Crippen molar-refractivity contribution in [3.05, 3.63) is 0 Å². The van der Waals surface area contributed by atoms with Crippen LogP contribution in [0.4, 0.5) is 0 Å². The Morgan fingerprint density at radius 2 is 1.63 bits per heavy atom. The van der Waals surface area contributed by atoms with Crippen molar-refractivity contribution in [1.29, 1.82) is 5.41 Å². The summed E-state index contributed by atoms with van der Waals surface area (Å²) in [5.41, 5.74) is 15.8. The molecule has 0 aliphatic carbocycles. The van der Waals surface area contributed by atoms with E-state index in [1.165, 1.54) is 0 Å². The maximum absolute atomic E-state index is 12.4. The summed E-state index contributed by atoms with van der Waals surface area (Å²) in [6.07, 6.45) is -0.219. The molecule has 0 saturated heterocycles. The van der Waals surface area contributed by atoms with E-state index in [1.807, 2.05) is 0 Å². The van der Waals surface area contributed by atoms with Crippen LogP contribution in [0.2, 0.25) is 0 Å². The molecule has 4 amide bonds. The Balaban J connectivity index is 4.84. The van der Waals surface area contributed by atoms with Gasteiger partial charge in [-0.15, -0.1) is 0 Å². The molecule has 0 unspecified atom stereocenters. The normalized spacial score (nSPS) is 13.3. The third kappa shape index (κ3) is 11.7. The maximum Gasteiger partial charge on any atom is 0.305 e. The summed E-state index contributed by atoms with van der Waals surface area (Å²) >= 11 is 3.91. The summed E-state index contributed by atoms with van der Waals surface area (Å²) in [4.78, 5) is 58.1. The highest BCUT2D eigenvalue weighted by atomic mass is 32.1. The first-order valence-electron chi connectivity index (χ1n) is 8.80. The summed E-state index contributed by atoms with van der Waals surface area (Å²) in [6.45, 7) is -0.317. The number of carboxylic acid groups (broad SMARTS) is 1. The van der Waals surface area contributed by atoms with E-state index in [0.29, 0.717) is 6.42 Å². The van der Waals surface area contributed by atoms with E-state index < -0.39 is 60.7 Å². The fourth-order valence-electron chi connectivity index (χ4n) is 2.09. The number of hydrogen-bond donors (Lipinski definition) is 10. The number of thiol groups is 1. The molecule has 0 aliphatic rings. The highest BCUT2D eigenvalue weighted by Gasteiger charge is 2.25. The summed E-state index contributed by atoms with van der Waals surface area (Å²) in [5, 5.41) is 25.2. The first kappa shape index (κ1) is 26.9. The molecule has 0 bridgehead atoms. The second-order valence-electron chi connectivity index (χ2n) is 6.17. The summed E-state index contributed by atoms with van der Waals surface area (Å²) in [7, 11) is 0. The van der Waals surface area contributed by atoms with Gasteiger partial charge < -0.3 is 43.6 Å². The lowest BCUT2D eigenvalue weighted by Crippen LogP contribution is -2.54. The Morgan fingerprint density at radius 3 is 2.13 bits per heavy atom. The van der Waals surface area contributed by atoms with Crippen LogP contribution in [0.1, 0.15) is 19.3 Å². The second kappa shape index (κ2) is 14.0. The van der Waals surface area contributed by atoms with Crippen molar-refractivity contribution in [3.8, 4) is 0 Å². The topological polar surface area (TPSA) is 256 Å². The quantitative estimate of drug-likeness (QED) is 0.0531. The smallest absolute Gasteiger partial charge is 0.305 e. The van der Waals surface area contributed by atoms with Crippen LogP contribution in [0, 0.1) is 5.41 Å². The Labute approximate surface area is 178 Å². The van der Waals surface area contributed by atoms with E-state index in [1.54, 1.807) is 0 Å². The molecule has 14 nitrogen and oxygen atoms in total. The highest BCUT2D eigenvalue weighted by Crippen LogP contribution is 1.99. The number of nitrogens with one attached hydrogen (secondary N) is 5.